The molecule has 0 bridgehead atoms. The first-order valence-electron chi connectivity index (χ1n) is 5.71. The second-order valence-electron chi connectivity index (χ2n) is 4.30. The van der Waals surface area contributed by atoms with Crippen LogP contribution in [0.4, 0.5) is 5.69 Å². The number of halogens is 1. The Hall–Kier alpha value is -1.88. The van der Waals surface area contributed by atoms with Gasteiger partial charge in [-0.25, -0.2) is 0 Å². The fourth-order valence-electron chi connectivity index (χ4n) is 1.68. The van der Waals surface area contributed by atoms with Gasteiger partial charge in [-0.05, 0) is 41.1 Å². The van der Waals surface area contributed by atoms with Crippen molar-refractivity contribution >= 4 is 27.5 Å². The lowest BCUT2D eigenvalue weighted by atomic mass is 10.1. The Kier molecular flexibility index (Phi) is 3.85. The molecule has 98 valence electrons. The summed E-state index contributed by atoms with van der Waals surface area (Å²) >= 11 is 3.35. The summed E-state index contributed by atoms with van der Waals surface area (Å²) in [6, 6.07) is 8.57. The number of rotatable bonds is 2. The summed E-state index contributed by atoms with van der Waals surface area (Å²) in [5.74, 6) is -0.214. The van der Waals surface area contributed by atoms with Crippen molar-refractivity contribution in [3.63, 3.8) is 0 Å². The van der Waals surface area contributed by atoms with Crippen LogP contribution in [0.2, 0.25) is 0 Å². The second kappa shape index (κ2) is 5.40. The molecule has 0 aliphatic rings. The highest BCUT2D eigenvalue weighted by Gasteiger charge is 2.10. The van der Waals surface area contributed by atoms with E-state index in [0.29, 0.717) is 11.3 Å². The number of benzene rings is 1. The molecule has 4 nitrogen and oxygen atoms in total. The second-order valence-corrected chi connectivity index (χ2v) is 5.16. The topological polar surface area (TPSA) is 51.1 Å². The molecule has 0 atom stereocenters. The molecule has 0 aliphatic heterocycles. The Bertz CT molecular complexity index is 692. The van der Waals surface area contributed by atoms with E-state index in [1.54, 1.807) is 25.4 Å². The van der Waals surface area contributed by atoms with Crippen molar-refractivity contribution < 1.29 is 4.79 Å². The third-order valence-corrected chi connectivity index (χ3v) is 3.40. The molecule has 1 amide bonds. The first-order chi connectivity index (χ1) is 8.97. The van der Waals surface area contributed by atoms with E-state index in [4.69, 9.17) is 0 Å². The van der Waals surface area contributed by atoms with E-state index in [0.717, 1.165) is 10.0 Å². The molecule has 2 rings (SSSR count). The van der Waals surface area contributed by atoms with Crippen LogP contribution < -0.4 is 10.9 Å². The molecule has 0 aliphatic carbocycles. The van der Waals surface area contributed by atoms with Gasteiger partial charge in [0.2, 0.25) is 5.56 Å². The molecule has 1 N–H and O–H groups in total. The van der Waals surface area contributed by atoms with Gasteiger partial charge >= 0.3 is 0 Å². The number of nitrogens with one attached hydrogen (secondary N) is 1. The van der Waals surface area contributed by atoms with Gasteiger partial charge in [-0.2, -0.15) is 0 Å². The van der Waals surface area contributed by atoms with E-state index in [2.05, 4.69) is 21.2 Å². The molecule has 5 heteroatoms. The summed E-state index contributed by atoms with van der Waals surface area (Å²) in [6.45, 7) is 1.93. The highest BCUT2D eigenvalue weighted by atomic mass is 79.9. The molecule has 0 radical (unpaired) electrons. The van der Waals surface area contributed by atoms with Crippen LogP contribution >= 0.6 is 15.9 Å². The number of pyridine rings is 1. The smallest absolute Gasteiger partial charge is 0.256 e. The van der Waals surface area contributed by atoms with Crippen LogP contribution in [0.1, 0.15) is 15.9 Å². The van der Waals surface area contributed by atoms with Crippen LogP contribution in [-0.2, 0) is 7.05 Å². The zero-order chi connectivity index (χ0) is 14.0. The largest absolute Gasteiger partial charge is 0.321 e. The Morgan fingerprint density at radius 2 is 2.00 bits per heavy atom. The van der Waals surface area contributed by atoms with Crippen LogP contribution in [-0.4, -0.2) is 10.5 Å². The molecule has 0 fully saturated rings. The zero-order valence-electron chi connectivity index (χ0n) is 10.6. The Balaban J connectivity index is 2.28. The van der Waals surface area contributed by atoms with Crippen LogP contribution in [0.25, 0.3) is 0 Å². The third kappa shape index (κ3) is 3.12. The van der Waals surface area contributed by atoms with Gasteiger partial charge in [-0.1, -0.05) is 11.6 Å². The van der Waals surface area contributed by atoms with Crippen LogP contribution in [0.15, 0.2) is 45.8 Å². The van der Waals surface area contributed by atoms with Gasteiger partial charge in [0.1, 0.15) is 0 Å². The van der Waals surface area contributed by atoms with Gasteiger partial charge in [0.05, 0.1) is 11.3 Å². The predicted molar refractivity (Wildman–Crippen MR) is 78.5 cm³/mol. The number of hydrogen-bond acceptors (Lipinski definition) is 2. The summed E-state index contributed by atoms with van der Waals surface area (Å²) in [4.78, 5) is 23.4. The van der Waals surface area contributed by atoms with E-state index < -0.39 is 0 Å². The van der Waals surface area contributed by atoms with E-state index in [-0.39, 0.29) is 11.5 Å². The van der Waals surface area contributed by atoms with Crippen molar-refractivity contribution in [2.24, 2.45) is 7.05 Å². The summed E-state index contributed by atoms with van der Waals surface area (Å²) in [5, 5.41) is 2.77. The molecule has 1 heterocycles. The first-order valence-corrected chi connectivity index (χ1v) is 6.51. The first kappa shape index (κ1) is 13.5. The number of hydrogen-bond donors (Lipinski definition) is 1. The Labute approximate surface area is 119 Å². The number of carbonyl (C=O) groups is 1. The van der Waals surface area contributed by atoms with Gasteiger partial charge in [0, 0.05) is 23.8 Å². The van der Waals surface area contributed by atoms with E-state index in [9.17, 15) is 9.59 Å². The minimum Gasteiger partial charge on any atom is -0.321 e. The lowest BCUT2D eigenvalue weighted by Gasteiger charge is -2.08. The maximum Gasteiger partial charge on any atom is 0.256 e. The number of anilines is 1. The molecule has 0 unspecified atom stereocenters. The summed E-state index contributed by atoms with van der Waals surface area (Å²) in [7, 11) is 1.64. The third-order valence-electron chi connectivity index (χ3n) is 2.71. The molecular weight excluding hydrogens is 308 g/mol. The summed E-state index contributed by atoms with van der Waals surface area (Å²) in [6.07, 6.45) is 1.59. The molecule has 0 spiro atoms. The minimum atomic E-state index is -0.214. The number of nitrogens with zero attached hydrogens (tertiary/aromatic N) is 1. The Morgan fingerprint density at radius 1 is 1.26 bits per heavy atom. The lowest BCUT2D eigenvalue weighted by molar-refractivity contribution is 0.102. The maximum atomic E-state index is 12.2. The van der Waals surface area contributed by atoms with Gasteiger partial charge in [0.15, 0.2) is 0 Å². The normalized spacial score (nSPS) is 10.3. The lowest BCUT2D eigenvalue weighted by Crippen LogP contribution is -2.18. The highest BCUT2D eigenvalue weighted by molar-refractivity contribution is 9.10. The summed E-state index contributed by atoms with van der Waals surface area (Å²) in [5.41, 5.74) is 2.04. The number of aryl methyl sites for hydroxylation is 2. The van der Waals surface area contributed by atoms with Crippen molar-refractivity contribution in [3.8, 4) is 0 Å². The number of aromatic nitrogens is 1. The fraction of sp³-hybridized carbons (Fsp3) is 0.143. The number of amides is 1. The molecule has 0 saturated carbocycles. The monoisotopic (exact) mass is 320 g/mol. The summed E-state index contributed by atoms with van der Waals surface area (Å²) < 4.78 is 2.15. The van der Waals surface area contributed by atoms with E-state index in [1.165, 1.54) is 10.6 Å². The standard InChI is InChI=1S/C14H13BrN2O2/c1-9-3-5-12(15)11(7-9)14(19)16-10-4-6-13(18)17(2)8-10/h3-8H,1-2H3,(H,16,19). The highest BCUT2D eigenvalue weighted by Crippen LogP contribution is 2.19. The molecule has 1 aromatic heterocycles. The minimum absolute atomic E-state index is 0.116. The van der Waals surface area contributed by atoms with Gasteiger partial charge < -0.3 is 9.88 Å². The average Bonchev–Trinajstić information content (AvgIpc) is 2.36. The molecular formula is C14H13BrN2O2. The Morgan fingerprint density at radius 3 is 2.68 bits per heavy atom. The van der Waals surface area contributed by atoms with Gasteiger partial charge in [-0.3, -0.25) is 9.59 Å². The van der Waals surface area contributed by atoms with Crippen molar-refractivity contribution in [2.75, 3.05) is 5.32 Å². The van der Waals surface area contributed by atoms with Gasteiger partial charge in [0.25, 0.3) is 5.91 Å². The maximum absolute atomic E-state index is 12.2. The number of carbonyl (C=O) groups excluding carboxylic acids is 1. The van der Waals surface area contributed by atoms with E-state index >= 15 is 0 Å². The van der Waals surface area contributed by atoms with E-state index in [1.807, 2.05) is 19.1 Å². The average molecular weight is 321 g/mol. The molecule has 1 aromatic carbocycles. The van der Waals surface area contributed by atoms with Crippen LogP contribution in [0.5, 0.6) is 0 Å². The SMILES string of the molecule is Cc1ccc(Br)c(C(=O)Nc2ccc(=O)n(C)c2)c1. The predicted octanol–water partition coefficient (Wildman–Crippen LogP) is 2.71. The van der Waals surface area contributed by atoms with Crippen LogP contribution in [0.3, 0.4) is 0 Å². The zero-order valence-corrected chi connectivity index (χ0v) is 12.2. The van der Waals surface area contributed by atoms with Crippen molar-refractivity contribution in [1.29, 1.82) is 0 Å². The quantitative estimate of drug-likeness (QED) is 0.925. The van der Waals surface area contributed by atoms with Crippen molar-refractivity contribution in [1.82, 2.24) is 4.57 Å². The van der Waals surface area contributed by atoms with Gasteiger partial charge in [-0.15, -0.1) is 0 Å². The van der Waals surface area contributed by atoms with Crippen molar-refractivity contribution in [3.05, 3.63) is 62.5 Å². The van der Waals surface area contributed by atoms with Crippen LogP contribution in [0, 0.1) is 6.92 Å². The molecule has 0 saturated heterocycles. The van der Waals surface area contributed by atoms with Crippen molar-refractivity contribution in [2.45, 2.75) is 6.92 Å². The molecule has 2 aromatic rings. The molecule has 19 heavy (non-hydrogen) atoms. The fourth-order valence-corrected chi connectivity index (χ4v) is 2.11.